The SMILES string of the molecule is CCCN(CCC)CCCOc1ccc2c(c1)oc(=O)c1cc(OC)ccc12. The molecule has 1 heterocycles. The number of methoxy groups -OCH3 is 1. The van der Waals surface area contributed by atoms with Gasteiger partial charge in [-0.1, -0.05) is 13.8 Å². The van der Waals surface area contributed by atoms with Crippen molar-refractivity contribution in [3.63, 3.8) is 0 Å². The molecule has 0 unspecified atom stereocenters. The Bertz CT molecular complexity index is 973. The Morgan fingerprint density at radius 1 is 0.893 bits per heavy atom. The van der Waals surface area contributed by atoms with Gasteiger partial charge in [-0.2, -0.15) is 0 Å². The Hall–Kier alpha value is -2.53. The lowest BCUT2D eigenvalue weighted by molar-refractivity contribution is 0.234. The summed E-state index contributed by atoms with van der Waals surface area (Å²) >= 11 is 0. The third kappa shape index (κ3) is 4.65. The maximum Gasteiger partial charge on any atom is 0.344 e. The minimum atomic E-state index is -0.367. The maximum absolute atomic E-state index is 12.4. The summed E-state index contributed by atoms with van der Waals surface area (Å²) in [7, 11) is 1.58. The predicted octanol–water partition coefficient (Wildman–Crippen LogP) is 4.85. The lowest BCUT2D eigenvalue weighted by Crippen LogP contribution is -2.27. The van der Waals surface area contributed by atoms with E-state index in [1.807, 2.05) is 24.3 Å². The molecule has 2 aromatic carbocycles. The number of ether oxygens (including phenoxy) is 2. The van der Waals surface area contributed by atoms with Crippen molar-refractivity contribution >= 4 is 21.7 Å². The normalized spacial score (nSPS) is 11.4. The van der Waals surface area contributed by atoms with Gasteiger partial charge in [0, 0.05) is 23.4 Å². The summed E-state index contributed by atoms with van der Waals surface area (Å²) in [4.78, 5) is 14.8. The third-order valence-electron chi connectivity index (χ3n) is 4.86. The van der Waals surface area contributed by atoms with E-state index in [1.165, 1.54) is 12.8 Å². The average Bonchev–Trinajstić information content (AvgIpc) is 2.71. The minimum absolute atomic E-state index is 0.367. The molecule has 0 fully saturated rings. The summed E-state index contributed by atoms with van der Waals surface area (Å²) in [6.07, 6.45) is 3.31. The second-order valence-electron chi connectivity index (χ2n) is 7.00. The molecule has 0 amide bonds. The quantitative estimate of drug-likeness (QED) is 0.285. The highest BCUT2D eigenvalue weighted by Gasteiger charge is 2.10. The molecule has 1 aromatic heterocycles. The van der Waals surface area contributed by atoms with Crippen LogP contribution >= 0.6 is 0 Å². The predicted molar refractivity (Wildman–Crippen MR) is 114 cm³/mol. The lowest BCUT2D eigenvalue weighted by atomic mass is 10.1. The number of benzene rings is 2. The molecule has 3 rings (SSSR count). The summed E-state index contributed by atoms with van der Waals surface area (Å²) in [5, 5.41) is 2.27. The number of hydrogen-bond acceptors (Lipinski definition) is 5. The number of rotatable bonds is 10. The number of nitrogens with zero attached hydrogens (tertiary/aromatic N) is 1. The molecule has 0 aliphatic carbocycles. The molecule has 28 heavy (non-hydrogen) atoms. The van der Waals surface area contributed by atoms with E-state index < -0.39 is 0 Å². The molecule has 5 heteroatoms. The zero-order chi connectivity index (χ0) is 19.9. The van der Waals surface area contributed by atoms with Crippen LogP contribution in [-0.2, 0) is 0 Å². The van der Waals surface area contributed by atoms with Gasteiger partial charge in [0.05, 0.1) is 19.1 Å². The van der Waals surface area contributed by atoms with Crippen molar-refractivity contribution in [2.24, 2.45) is 0 Å². The van der Waals surface area contributed by atoms with Gasteiger partial charge in [0.15, 0.2) is 0 Å². The van der Waals surface area contributed by atoms with Gasteiger partial charge in [-0.05, 0) is 62.7 Å². The van der Waals surface area contributed by atoms with Crippen LogP contribution in [0.5, 0.6) is 11.5 Å². The summed E-state index contributed by atoms with van der Waals surface area (Å²) in [5.41, 5.74) is 0.173. The first-order valence-corrected chi connectivity index (χ1v) is 10.1. The molecular formula is C23H29NO4. The molecule has 150 valence electrons. The van der Waals surface area contributed by atoms with E-state index in [-0.39, 0.29) is 5.63 Å². The van der Waals surface area contributed by atoms with E-state index in [1.54, 1.807) is 19.2 Å². The summed E-state index contributed by atoms with van der Waals surface area (Å²) in [5.74, 6) is 1.36. The summed E-state index contributed by atoms with van der Waals surface area (Å²) < 4.78 is 16.6. The van der Waals surface area contributed by atoms with E-state index in [0.29, 0.717) is 23.3 Å². The molecular weight excluding hydrogens is 354 g/mol. The van der Waals surface area contributed by atoms with Gasteiger partial charge >= 0.3 is 5.63 Å². The smallest absolute Gasteiger partial charge is 0.344 e. The van der Waals surface area contributed by atoms with Crippen LogP contribution < -0.4 is 15.1 Å². The van der Waals surface area contributed by atoms with Gasteiger partial charge in [0.25, 0.3) is 0 Å². The van der Waals surface area contributed by atoms with Crippen LogP contribution in [0, 0.1) is 0 Å². The standard InChI is InChI=1S/C23H29NO4/c1-4-11-24(12-5-2)13-6-14-27-18-8-10-20-19-9-7-17(26-3)15-21(19)23(25)28-22(20)16-18/h7-10,15-16H,4-6,11-14H2,1-3H3. The van der Waals surface area contributed by atoms with Gasteiger partial charge in [-0.15, -0.1) is 0 Å². The van der Waals surface area contributed by atoms with E-state index >= 15 is 0 Å². The molecule has 3 aromatic rings. The van der Waals surface area contributed by atoms with Gasteiger partial charge < -0.3 is 18.8 Å². The Morgan fingerprint density at radius 2 is 1.61 bits per heavy atom. The van der Waals surface area contributed by atoms with Gasteiger partial charge in [0.2, 0.25) is 0 Å². The largest absolute Gasteiger partial charge is 0.497 e. The first kappa shape index (κ1) is 20.2. The first-order chi connectivity index (χ1) is 13.7. The fourth-order valence-electron chi connectivity index (χ4n) is 3.55. The van der Waals surface area contributed by atoms with Gasteiger partial charge in [0.1, 0.15) is 17.1 Å². The second-order valence-corrected chi connectivity index (χ2v) is 7.00. The fraction of sp³-hybridized carbons (Fsp3) is 0.435. The average molecular weight is 383 g/mol. The highest BCUT2D eigenvalue weighted by Crippen LogP contribution is 2.28. The Morgan fingerprint density at radius 3 is 2.32 bits per heavy atom. The second kappa shape index (κ2) is 9.60. The van der Waals surface area contributed by atoms with Gasteiger partial charge in [-0.25, -0.2) is 4.79 Å². The molecule has 0 atom stereocenters. The monoisotopic (exact) mass is 383 g/mol. The number of fused-ring (bicyclic) bond motifs is 3. The maximum atomic E-state index is 12.4. The van der Waals surface area contributed by atoms with E-state index in [0.717, 1.165) is 42.6 Å². The van der Waals surface area contributed by atoms with Crippen LogP contribution in [0.1, 0.15) is 33.1 Å². The van der Waals surface area contributed by atoms with Crippen molar-refractivity contribution in [3.8, 4) is 11.5 Å². The van der Waals surface area contributed by atoms with Crippen molar-refractivity contribution in [2.45, 2.75) is 33.1 Å². The van der Waals surface area contributed by atoms with Crippen LogP contribution in [0.25, 0.3) is 21.7 Å². The Kier molecular flexibility index (Phi) is 6.93. The summed E-state index contributed by atoms with van der Waals surface area (Å²) in [6, 6.07) is 11.1. The van der Waals surface area contributed by atoms with Crippen molar-refractivity contribution in [2.75, 3.05) is 33.4 Å². The minimum Gasteiger partial charge on any atom is -0.497 e. The summed E-state index contributed by atoms with van der Waals surface area (Å²) in [6.45, 7) is 8.37. The highest BCUT2D eigenvalue weighted by atomic mass is 16.5. The van der Waals surface area contributed by atoms with E-state index in [4.69, 9.17) is 13.9 Å². The molecule has 0 aliphatic rings. The van der Waals surface area contributed by atoms with Crippen LogP contribution in [0.4, 0.5) is 0 Å². The Labute approximate surface area is 165 Å². The fourth-order valence-corrected chi connectivity index (χ4v) is 3.55. The molecule has 0 spiro atoms. The number of hydrogen-bond donors (Lipinski definition) is 0. The van der Waals surface area contributed by atoms with Gasteiger partial charge in [-0.3, -0.25) is 0 Å². The van der Waals surface area contributed by atoms with E-state index in [9.17, 15) is 4.79 Å². The molecule has 5 nitrogen and oxygen atoms in total. The van der Waals surface area contributed by atoms with Crippen LogP contribution in [0.15, 0.2) is 45.6 Å². The van der Waals surface area contributed by atoms with Crippen molar-refractivity contribution in [1.82, 2.24) is 4.90 Å². The first-order valence-electron chi connectivity index (χ1n) is 10.1. The molecule has 0 radical (unpaired) electrons. The van der Waals surface area contributed by atoms with Crippen molar-refractivity contribution in [1.29, 1.82) is 0 Å². The zero-order valence-electron chi connectivity index (χ0n) is 17.0. The molecule has 0 aliphatic heterocycles. The van der Waals surface area contributed by atoms with Crippen molar-refractivity contribution in [3.05, 3.63) is 46.8 Å². The molecule has 0 bridgehead atoms. The zero-order valence-corrected chi connectivity index (χ0v) is 17.0. The molecule has 0 N–H and O–H groups in total. The van der Waals surface area contributed by atoms with Crippen LogP contribution in [0.3, 0.4) is 0 Å². The van der Waals surface area contributed by atoms with Crippen LogP contribution in [-0.4, -0.2) is 38.3 Å². The topological polar surface area (TPSA) is 51.9 Å². The Balaban J connectivity index is 1.72. The van der Waals surface area contributed by atoms with Crippen molar-refractivity contribution < 1.29 is 13.9 Å². The third-order valence-corrected chi connectivity index (χ3v) is 4.86. The lowest BCUT2D eigenvalue weighted by Gasteiger charge is -2.20. The highest BCUT2D eigenvalue weighted by molar-refractivity contribution is 6.04. The van der Waals surface area contributed by atoms with E-state index in [2.05, 4.69) is 18.7 Å². The molecule has 0 saturated carbocycles. The van der Waals surface area contributed by atoms with Crippen LogP contribution in [0.2, 0.25) is 0 Å². The molecule has 0 saturated heterocycles.